The SMILES string of the molecule is CN=C(NCc1cccc(Cl)c1)NCC1CCN(S(=O)(=O)C(F)(F)F)CC1. The maximum atomic E-state index is 12.6. The van der Waals surface area contributed by atoms with Gasteiger partial charge in [-0.3, -0.25) is 4.99 Å². The minimum Gasteiger partial charge on any atom is -0.356 e. The zero-order valence-electron chi connectivity index (χ0n) is 14.8. The summed E-state index contributed by atoms with van der Waals surface area (Å²) >= 11 is 5.94. The number of aliphatic imine (C=N–C) groups is 1. The molecule has 1 heterocycles. The molecule has 0 aliphatic carbocycles. The van der Waals surface area contributed by atoms with Crippen molar-refractivity contribution in [3.05, 3.63) is 34.9 Å². The van der Waals surface area contributed by atoms with Gasteiger partial charge in [-0.15, -0.1) is 0 Å². The number of rotatable bonds is 5. The second-order valence-electron chi connectivity index (χ2n) is 6.23. The van der Waals surface area contributed by atoms with Gasteiger partial charge >= 0.3 is 15.5 Å². The molecule has 1 saturated heterocycles. The van der Waals surface area contributed by atoms with Crippen molar-refractivity contribution >= 4 is 27.6 Å². The molecular formula is C16H22ClF3N4O2S. The van der Waals surface area contributed by atoms with Gasteiger partial charge in [-0.05, 0) is 36.5 Å². The average molecular weight is 427 g/mol. The summed E-state index contributed by atoms with van der Waals surface area (Å²) in [7, 11) is -3.62. The lowest BCUT2D eigenvalue weighted by molar-refractivity contribution is -0.0496. The van der Waals surface area contributed by atoms with Gasteiger partial charge in [0.2, 0.25) is 0 Å². The second kappa shape index (κ2) is 9.11. The Labute approximate surface area is 161 Å². The van der Waals surface area contributed by atoms with Crippen LogP contribution in [0.3, 0.4) is 0 Å². The van der Waals surface area contributed by atoms with Crippen molar-refractivity contribution in [2.24, 2.45) is 10.9 Å². The molecule has 6 nitrogen and oxygen atoms in total. The Morgan fingerprint density at radius 1 is 1.30 bits per heavy atom. The van der Waals surface area contributed by atoms with Gasteiger partial charge in [0.05, 0.1) is 0 Å². The van der Waals surface area contributed by atoms with Crippen molar-refractivity contribution in [1.82, 2.24) is 14.9 Å². The number of halogens is 4. The Balaban J connectivity index is 1.78. The lowest BCUT2D eigenvalue weighted by Gasteiger charge is -2.31. The molecule has 0 bridgehead atoms. The van der Waals surface area contributed by atoms with Crippen LogP contribution in [-0.4, -0.2) is 50.9 Å². The standard InChI is InChI=1S/C16H22ClF3N4O2S/c1-21-15(23-11-13-3-2-4-14(17)9-13)22-10-12-5-7-24(8-6-12)27(25,26)16(18,19)20/h2-4,9,12H,5-8,10-11H2,1H3,(H2,21,22,23). The molecule has 0 radical (unpaired) electrons. The highest BCUT2D eigenvalue weighted by molar-refractivity contribution is 7.90. The average Bonchev–Trinajstić information content (AvgIpc) is 2.61. The van der Waals surface area contributed by atoms with E-state index in [0.717, 1.165) is 5.56 Å². The van der Waals surface area contributed by atoms with E-state index in [0.29, 0.717) is 41.2 Å². The molecule has 1 aromatic carbocycles. The van der Waals surface area contributed by atoms with E-state index in [4.69, 9.17) is 11.6 Å². The third kappa shape index (κ3) is 5.98. The van der Waals surface area contributed by atoms with Gasteiger partial charge in [0.25, 0.3) is 0 Å². The Morgan fingerprint density at radius 2 is 1.96 bits per heavy atom. The maximum absolute atomic E-state index is 12.6. The first-order chi connectivity index (χ1) is 12.6. The first-order valence-electron chi connectivity index (χ1n) is 8.39. The predicted octanol–water partition coefficient (Wildman–Crippen LogP) is 2.57. The van der Waals surface area contributed by atoms with Crippen LogP contribution in [0.15, 0.2) is 29.3 Å². The summed E-state index contributed by atoms with van der Waals surface area (Å²) in [5.74, 6) is 0.620. The molecule has 0 unspecified atom stereocenters. The molecule has 152 valence electrons. The van der Waals surface area contributed by atoms with Crippen LogP contribution in [0, 0.1) is 5.92 Å². The zero-order valence-corrected chi connectivity index (χ0v) is 16.3. The molecule has 11 heteroatoms. The fourth-order valence-electron chi connectivity index (χ4n) is 2.79. The Morgan fingerprint density at radius 3 is 2.52 bits per heavy atom. The third-order valence-corrected chi connectivity index (χ3v) is 6.20. The monoisotopic (exact) mass is 426 g/mol. The lowest BCUT2D eigenvalue weighted by Crippen LogP contribution is -2.47. The Bertz CT molecular complexity index is 763. The summed E-state index contributed by atoms with van der Waals surface area (Å²) in [6, 6.07) is 7.38. The predicted molar refractivity (Wildman–Crippen MR) is 98.9 cm³/mol. The van der Waals surface area contributed by atoms with E-state index in [2.05, 4.69) is 15.6 Å². The number of hydrogen-bond donors (Lipinski definition) is 2. The molecule has 0 saturated carbocycles. The molecule has 1 aliphatic heterocycles. The van der Waals surface area contributed by atoms with E-state index >= 15 is 0 Å². The topological polar surface area (TPSA) is 73.8 Å². The van der Waals surface area contributed by atoms with Crippen molar-refractivity contribution < 1.29 is 21.6 Å². The van der Waals surface area contributed by atoms with E-state index in [1.165, 1.54) is 0 Å². The highest BCUT2D eigenvalue weighted by Gasteiger charge is 2.50. The molecule has 0 amide bonds. The number of hydrogen-bond acceptors (Lipinski definition) is 3. The quantitative estimate of drug-likeness (QED) is 0.560. The van der Waals surface area contributed by atoms with Crippen LogP contribution < -0.4 is 10.6 Å². The van der Waals surface area contributed by atoms with Gasteiger partial charge in [0.1, 0.15) is 0 Å². The van der Waals surface area contributed by atoms with Crippen molar-refractivity contribution in [3.63, 3.8) is 0 Å². The highest BCUT2D eigenvalue weighted by atomic mass is 35.5. The van der Waals surface area contributed by atoms with Crippen LogP contribution in [0.5, 0.6) is 0 Å². The summed E-state index contributed by atoms with van der Waals surface area (Å²) < 4.78 is 61.1. The van der Waals surface area contributed by atoms with Gasteiger partial charge in [0, 0.05) is 38.2 Å². The second-order valence-corrected chi connectivity index (χ2v) is 8.60. The van der Waals surface area contributed by atoms with Crippen LogP contribution in [0.1, 0.15) is 18.4 Å². The first-order valence-corrected chi connectivity index (χ1v) is 10.2. The Hall–Kier alpha value is -1.52. The van der Waals surface area contributed by atoms with E-state index in [1.54, 1.807) is 13.1 Å². The number of piperidine rings is 1. The molecule has 27 heavy (non-hydrogen) atoms. The maximum Gasteiger partial charge on any atom is 0.511 e. The summed E-state index contributed by atoms with van der Waals surface area (Å²) in [6.07, 6.45) is 0.710. The number of guanidine groups is 1. The van der Waals surface area contributed by atoms with Crippen LogP contribution in [0.4, 0.5) is 13.2 Å². The number of nitrogens with zero attached hydrogens (tertiary/aromatic N) is 2. The number of benzene rings is 1. The first kappa shape index (κ1) is 21.8. The number of alkyl halides is 3. The minimum absolute atomic E-state index is 0.0643. The summed E-state index contributed by atoms with van der Waals surface area (Å²) in [6.45, 7) is 0.739. The van der Waals surface area contributed by atoms with Gasteiger partial charge in [0.15, 0.2) is 5.96 Å². The van der Waals surface area contributed by atoms with Crippen molar-refractivity contribution in [2.75, 3.05) is 26.7 Å². The van der Waals surface area contributed by atoms with Gasteiger partial charge < -0.3 is 10.6 Å². The molecular weight excluding hydrogens is 405 g/mol. The highest BCUT2D eigenvalue weighted by Crippen LogP contribution is 2.30. The molecule has 0 spiro atoms. The van der Waals surface area contributed by atoms with E-state index in [-0.39, 0.29) is 19.0 Å². The van der Waals surface area contributed by atoms with Crippen molar-refractivity contribution in [1.29, 1.82) is 0 Å². The van der Waals surface area contributed by atoms with E-state index in [9.17, 15) is 21.6 Å². The molecule has 0 atom stereocenters. The van der Waals surface area contributed by atoms with Gasteiger partial charge in [-0.2, -0.15) is 17.5 Å². The largest absolute Gasteiger partial charge is 0.511 e. The zero-order chi connectivity index (χ0) is 20.1. The van der Waals surface area contributed by atoms with E-state index < -0.39 is 15.5 Å². The number of sulfonamides is 1. The van der Waals surface area contributed by atoms with Crippen LogP contribution in [0.25, 0.3) is 0 Å². The molecule has 2 rings (SSSR count). The van der Waals surface area contributed by atoms with Gasteiger partial charge in [-0.1, -0.05) is 23.7 Å². The summed E-state index contributed by atoms with van der Waals surface area (Å²) in [5, 5.41) is 6.89. The summed E-state index contributed by atoms with van der Waals surface area (Å²) in [5.41, 5.74) is -4.26. The van der Waals surface area contributed by atoms with Crippen molar-refractivity contribution in [3.8, 4) is 0 Å². The van der Waals surface area contributed by atoms with Crippen LogP contribution >= 0.6 is 11.6 Å². The molecule has 0 aromatic heterocycles. The summed E-state index contributed by atoms with van der Waals surface area (Å²) in [4.78, 5) is 4.10. The van der Waals surface area contributed by atoms with Gasteiger partial charge in [-0.25, -0.2) is 8.42 Å². The van der Waals surface area contributed by atoms with Crippen LogP contribution in [0.2, 0.25) is 5.02 Å². The fraction of sp³-hybridized carbons (Fsp3) is 0.562. The number of nitrogens with one attached hydrogen (secondary N) is 2. The molecule has 1 aliphatic rings. The smallest absolute Gasteiger partial charge is 0.356 e. The van der Waals surface area contributed by atoms with Crippen molar-refractivity contribution in [2.45, 2.75) is 24.9 Å². The van der Waals surface area contributed by atoms with E-state index in [1.807, 2.05) is 18.2 Å². The normalized spacial score (nSPS) is 17.7. The molecule has 1 fully saturated rings. The third-order valence-electron chi connectivity index (χ3n) is 4.34. The minimum atomic E-state index is -5.25. The molecule has 2 N–H and O–H groups in total. The Kier molecular flexibility index (Phi) is 7.35. The van der Waals surface area contributed by atoms with Crippen LogP contribution in [-0.2, 0) is 16.6 Å². The lowest BCUT2D eigenvalue weighted by atomic mass is 9.98. The molecule has 1 aromatic rings. The fourth-order valence-corrected chi connectivity index (χ4v) is 3.99.